The average Bonchev–Trinajstić information content (AvgIpc) is 2.65. The standard InChI is InChI=1S/C18H28N2O5S/c1-15(2)14-25-10-4-7-19-18(21)16-5-3-6-17(13-16)26(22,23)20-8-11-24-12-9-20/h3,5-6,13,15H,4,7-12,14H2,1-2H3,(H,19,21). The minimum atomic E-state index is -3.61. The number of carbonyl (C=O) groups is 1. The molecule has 1 aliphatic rings. The van der Waals surface area contributed by atoms with E-state index in [-0.39, 0.29) is 10.8 Å². The van der Waals surface area contributed by atoms with E-state index in [4.69, 9.17) is 9.47 Å². The van der Waals surface area contributed by atoms with Crippen molar-refractivity contribution < 1.29 is 22.7 Å². The fourth-order valence-corrected chi connectivity index (χ4v) is 3.99. The van der Waals surface area contributed by atoms with Crippen molar-refractivity contribution in [3.8, 4) is 0 Å². The summed E-state index contributed by atoms with van der Waals surface area (Å²) in [6.45, 7) is 7.37. The molecule has 0 spiro atoms. The maximum absolute atomic E-state index is 12.7. The van der Waals surface area contributed by atoms with Gasteiger partial charge in [-0.05, 0) is 30.5 Å². The molecule has 2 rings (SSSR count). The van der Waals surface area contributed by atoms with Crippen LogP contribution >= 0.6 is 0 Å². The number of morpholine rings is 1. The monoisotopic (exact) mass is 384 g/mol. The molecule has 0 aliphatic carbocycles. The molecule has 1 saturated heterocycles. The molecular formula is C18H28N2O5S. The van der Waals surface area contributed by atoms with Gasteiger partial charge >= 0.3 is 0 Å². The molecule has 8 heteroatoms. The lowest BCUT2D eigenvalue weighted by Crippen LogP contribution is -2.40. The summed E-state index contributed by atoms with van der Waals surface area (Å²) >= 11 is 0. The van der Waals surface area contributed by atoms with Gasteiger partial charge in [0, 0.05) is 38.4 Å². The van der Waals surface area contributed by atoms with E-state index in [0.29, 0.717) is 64.0 Å². The first-order valence-corrected chi connectivity index (χ1v) is 10.4. The van der Waals surface area contributed by atoms with Crippen LogP contribution in [-0.4, -0.2) is 64.7 Å². The highest BCUT2D eigenvalue weighted by molar-refractivity contribution is 7.89. The minimum absolute atomic E-state index is 0.132. The third-order valence-corrected chi connectivity index (χ3v) is 5.80. The predicted octanol–water partition coefficient (Wildman–Crippen LogP) is 1.50. The van der Waals surface area contributed by atoms with Gasteiger partial charge in [0.25, 0.3) is 5.91 Å². The Morgan fingerprint density at radius 1 is 1.31 bits per heavy atom. The summed E-state index contributed by atoms with van der Waals surface area (Å²) < 4.78 is 37.4. The number of nitrogens with zero attached hydrogens (tertiary/aromatic N) is 1. The SMILES string of the molecule is CC(C)COCCCNC(=O)c1cccc(S(=O)(=O)N2CCOCC2)c1. The van der Waals surface area contributed by atoms with E-state index in [9.17, 15) is 13.2 Å². The molecule has 1 heterocycles. The molecule has 0 saturated carbocycles. The number of carbonyl (C=O) groups excluding carboxylic acids is 1. The number of rotatable bonds is 9. The Balaban J connectivity index is 1.90. The van der Waals surface area contributed by atoms with Gasteiger partial charge in [0.15, 0.2) is 0 Å². The number of hydrogen-bond acceptors (Lipinski definition) is 5. The van der Waals surface area contributed by atoms with Gasteiger partial charge in [-0.25, -0.2) is 8.42 Å². The van der Waals surface area contributed by atoms with Crippen LogP contribution in [0.4, 0.5) is 0 Å². The maximum Gasteiger partial charge on any atom is 0.251 e. The second kappa shape index (κ2) is 10.0. The summed E-state index contributed by atoms with van der Waals surface area (Å²) in [5.74, 6) is 0.202. The van der Waals surface area contributed by atoms with Gasteiger partial charge in [-0.2, -0.15) is 4.31 Å². The summed E-state index contributed by atoms with van der Waals surface area (Å²) in [7, 11) is -3.61. The van der Waals surface area contributed by atoms with Crippen LogP contribution in [0.25, 0.3) is 0 Å². The van der Waals surface area contributed by atoms with Gasteiger partial charge in [0.1, 0.15) is 0 Å². The molecular weight excluding hydrogens is 356 g/mol. The predicted molar refractivity (Wildman–Crippen MR) is 98.6 cm³/mol. The normalized spacial score (nSPS) is 16.0. The molecule has 1 aliphatic heterocycles. The summed E-state index contributed by atoms with van der Waals surface area (Å²) in [4.78, 5) is 12.4. The van der Waals surface area contributed by atoms with E-state index < -0.39 is 10.0 Å². The van der Waals surface area contributed by atoms with Gasteiger partial charge in [-0.15, -0.1) is 0 Å². The van der Waals surface area contributed by atoms with Gasteiger partial charge in [0.05, 0.1) is 18.1 Å². The van der Waals surface area contributed by atoms with Crippen molar-refractivity contribution in [2.45, 2.75) is 25.2 Å². The summed E-state index contributed by atoms with van der Waals surface area (Å²) in [5.41, 5.74) is 0.336. The van der Waals surface area contributed by atoms with Gasteiger partial charge < -0.3 is 14.8 Å². The maximum atomic E-state index is 12.7. The fourth-order valence-electron chi connectivity index (χ4n) is 2.53. The molecule has 0 aromatic heterocycles. The third kappa shape index (κ3) is 6.05. The highest BCUT2D eigenvalue weighted by Crippen LogP contribution is 2.18. The van der Waals surface area contributed by atoms with E-state index >= 15 is 0 Å². The molecule has 0 radical (unpaired) electrons. The molecule has 1 N–H and O–H groups in total. The van der Waals surface area contributed by atoms with Gasteiger partial charge in [0.2, 0.25) is 10.0 Å². The molecule has 1 amide bonds. The molecule has 1 aromatic rings. The van der Waals surface area contributed by atoms with E-state index in [0.717, 1.165) is 0 Å². The van der Waals surface area contributed by atoms with Crippen molar-refractivity contribution in [1.82, 2.24) is 9.62 Å². The van der Waals surface area contributed by atoms with Crippen LogP contribution in [0.15, 0.2) is 29.2 Å². The van der Waals surface area contributed by atoms with Crippen LogP contribution in [0, 0.1) is 5.92 Å². The number of sulfonamides is 1. The van der Waals surface area contributed by atoms with E-state index in [1.165, 1.54) is 16.4 Å². The highest BCUT2D eigenvalue weighted by Gasteiger charge is 2.26. The second-order valence-electron chi connectivity index (χ2n) is 6.62. The van der Waals surface area contributed by atoms with Crippen molar-refractivity contribution >= 4 is 15.9 Å². The molecule has 1 fully saturated rings. The van der Waals surface area contributed by atoms with Crippen LogP contribution in [0.2, 0.25) is 0 Å². The van der Waals surface area contributed by atoms with Crippen LogP contribution in [0.1, 0.15) is 30.6 Å². The van der Waals surface area contributed by atoms with Crippen LogP contribution in [0.5, 0.6) is 0 Å². The summed E-state index contributed by atoms with van der Waals surface area (Å²) in [5, 5.41) is 2.80. The van der Waals surface area contributed by atoms with Crippen molar-refractivity contribution in [2.75, 3.05) is 46.1 Å². The molecule has 1 aromatic carbocycles. The van der Waals surface area contributed by atoms with Crippen molar-refractivity contribution in [3.63, 3.8) is 0 Å². The molecule has 0 bridgehead atoms. The van der Waals surface area contributed by atoms with Gasteiger partial charge in [-0.1, -0.05) is 19.9 Å². The zero-order valence-corrected chi connectivity index (χ0v) is 16.3. The minimum Gasteiger partial charge on any atom is -0.381 e. The topological polar surface area (TPSA) is 84.9 Å². The fraction of sp³-hybridized carbons (Fsp3) is 0.611. The number of amides is 1. The Bertz CT molecular complexity index is 685. The van der Waals surface area contributed by atoms with Crippen LogP contribution in [0.3, 0.4) is 0 Å². The number of hydrogen-bond donors (Lipinski definition) is 1. The van der Waals surface area contributed by atoms with Crippen molar-refractivity contribution in [3.05, 3.63) is 29.8 Å². The Morgan fingerprint density at radius 2 is 2.04 bits per heavy atom. The average molecular weight is 384 g/mol. The van der Waals surface area contributed by atoms with Crippen LogP contribution in [-0.2, 0) is 19.5 Å². The van der Waals surface area contributed by atoms with Crippen molar-refractivity contribution in [2.24, 2.45) is 5.92 Å². The van der Waals surface area contributed by atoms with Gasteiger partial charge in [-0.3, -0.25) is 4.79 Å². The molecule has 0 atom stereocenters. The smallest absolute Gasteiger partial charge is 0.251 e. The highest BCUT2D eigenvalue weighted by atomic mass is 32.2. The van der Waals surface area contributed by atoms with E-state index in [2.05, 4.69) is 19.2 Å². The zero-order chi connectivity index (χ0) is 19.0. The quantitative estimate of drug-likeness (QED) is 0.652. The number of benzene rings is 1. The van der Waals surface area contributed by atoms with E-state index in [1.54, 1.807) is 12.1 Å². The first-order valence-electron chi connectivity index (χ1n) is 8.95. The number of nitrogens with one attached hydrogen (secondary N) is 1. The lowest BCUT2D eigenvalue weighted by Gasteiger charge is -2.26. The lowest BCUT2D eigenvalue weighted by molar-refractivity contribution is 0.0730. The number of ether oxygens (including phenoxy) is 2. The van der Waals surface area contributed by atoms with E-state index in [1.807, 2.05) is 0 Å². The Kier molecular flexibility index (Phi) is 8.02. The molecule has 7 nitrogen and oxygen atoms in total. The Morgan fingerprint density at radius 3 is 2.73 bits per heavy atom. The first kappa shape index (κ1) is 20.8. The Labute approximate surface area is 155 Å². The van der Waals surface area contributed by atoms with Crippen molar-refractivity contribution in [1.29, 1.82) is 0 Å². The zero-order valence-electron chi connectivity index (χ0n) is 15.4. The Hall–Kier alpha value is -1.48. The lowest BCUT2D eigenvalue weighted by atomic mass is 10.2. The first-order chi connectivity index (χ1) is 12.4. The largest absolute Gasteiger partial charge is 0.381 e. The third-order valence-electron chi connectivity index (χ3n) is 3.91. The summed E-state index contributed by atoms with van der Waals surface area (Å²) in [6.07, 6.45) is 0.713. The second-order valence-corrected chi connectivity index (χ2v) is 8.56. The van der Waals surface area contributed by atoms with Crippen LogP contribution < -0.4 is 5.32 Å². The molecule has 0 unspecified atom stereocenters. The molecule has 146 valence electrons. The summed E-state index contributed by atoms with van der Waals surface area (Å²) in [6, 6.07) is 6.15. The molecule has 26 heavy (non-hydrogen) atoms.